The van der Waals surface area contributed by atoms with Crippen LogP contribution in [-0.4, -0.2) is 44.0 Å². The fourth-order valence-corrected chi connectivity index (χ4v) is 2.91. The van der Waals surface area contributed by atoms with Crippen molar-refractivity contribution in [3.63, 3.8) is 0 Å². The van der Waals surface area contributed by atoms with Gasteiger partial charge in [-0.05, 0) is 13.8 Å². The Morgan fingerprint density at radius 2 is 1.12 bits per heavy atom. The molecule has 0 aliphatic rings. The second-order valence-electron chi connectivity index (χ2n) is 5.48. The molecule has 4 aromatic heterocycles. The van der Waals surface area contributed by atoms with E-state index in [4.69, 9.17) is 0 Å². The Morgan fingerprint density at radius 3 is 1.54 bits per heavy atom. The van der Waals surface area contributed by atoms with Gasteiger partial charge in [0.15, 0.2) is 16.9 Å². The first-order chi connectivity index (χ1) is 11.6. The summed E-state index contributed by atoms with van der Waals surface area (Å²) in [4.78, 5) is 26.7. The fourth-order valence-electron chi connectivity index (χ4n) is 2.91. The summed E-state index contributed by atoms with van der Waals surface area (Å²) >= 11 is 0. The summed E-state index contributed by atoms with van der Waals surface area (Å²) in [6.45, 7) is 3.68. The Labute approximate surface area is 137 Å². The number of pyridine rings is 2. The lowest BCUT2D eigenvalue weighted by atomic mass is 10.1. The second kappa shape index (κ2) is 5.19. The van der Waals surface area contributed by atoms with Crippen LogP contribution >= 0.6 is 0 Å². The third-order valence-electron chi connectivity index (χ3n) is 3.96. The largest absolute Gasteiger partial charge is 0.387 e. The second-order valence-corrected chi connectivity index (χ2v) is 5.48. The van der Waals surface area contributed by atoms with Gasteiger partial charge in [-0.15, -0.1) is 0 Å². The van der Waals surface area contributed by atoms with Gasteiger partial charge in [0.2, 0.25) is 0 Å². The van der Waals surface area contributed by atoms with Gasteiger partial charge in [-0.2, -0.15) is 0 Å². The smallest absolute Gasteiger partial charge is 0.168 e. The molecule has 0 fully saturated rings. The molecule has 4 rings (SSSR count). The maximum Gasteiger partial charge on any atom is 0.168 e. The number of hydrogen-bond acceptors (Lipinski definition) is 8. The van der Waals surface area contributed by atoms with Crippen LogP contribution in [0.4, 0.5) is 11.4 Å². The summed E-state index contributed by atoms with van der Waals surface area (Å²) < 4.78 is 0. The molecule has 2 N–H and O–H groups in total. The summed E-state index contributed by atoms with van der Waals surface area (Å²) in [7, 11) is 3.73. The SMILES string of the molecule is CNc1c2cnc(C)nc2nc2nc3nc(C)ncc3c(NC)c12. The zero-order valence-electron chi connectivity index (χ0n) is 13.8. The highest BCUT2D eigenvalue weighted by Gasteiger charge is 2.17. The van der Waals surface area contributed by atoms with Crippen molar-refractivity contribution in [1.82, 2.24) is 29.9 Å². The Morgan fingerprint density at radius 1 is 0.667 bits per heavy atom. The van der Waals surface area contributed by atoms with Crippen LogP contribution in [0.25, 0.3) is 33.1 Å². The average molecular weight is 320 g/mol. The highest BCUT2D eigenvalue weighted by Crippen LogP contribution is 2.37. The zero-order valence-corrected chi connectivity index (χ0v) is 13.8. The van der Waals surface area contributed by atoms with Crippen molar-refractivity contribution in [3.05, 3.63) is 24.0 Å². The number of fused-ring (bicyclic) bond motifs is 3. The van der Waals surface area contributed by atoms with E-state index in [1.54, 1.807) is 12.4 Å². The molecule has 0 aromatic carbocycles. The maximum absolute atomic E-state index is 4.63. The van der Waals surface area contributed by atoms with E-state index in [2.05, 4.69) is 40.5 Å². The predicted octanol–water partition coefficient (Wildman–Crippen LogP) is 2.22. The van der Waals surface area contributed by atoms with Crippen LogP contribution in [0.5, 0.6) is 0 Å². The van der Waals surface area contributed by atoms with Gasteiger partial charge in [-0.1, -0.05) is 0 Å². The van der Waals surface area contributed by atoms with E-state index < -0.39 is 0 Å². The molecular formula is C16H16N8. The minimum atomic E-state index is 0.583. The summed E-state index contributed by atoms with van der Waals surface area (Å²) in [5, 5.41) is 9.06. The number of aromatic nitrogens is 6. The van der Waals surface area contributed by atoms with Gasteiger partial charge in [0.25, 0.3) is 0 Å². The predicted molar refractivity (Wildman–Crippen MR) is 94.3 cm³/mol. The number of nitrogens with one attached hydrogen (secondary N) is 2. The van der Waals surface area contributed by atoms with Crippen molar-refractivity contribution in [1.29, 1.82) is 0 Å². The molecule has 0 radical (unpaired) electrons. The number of hydrogen-bond donors (Lipinski definition) is 2. The standard InChI is InChI=1S/C16H16N8/c1-7-19-5-9-12(17-3)11-13(18-4)10-6-20-8(2)22-15(10)24-16(11)23-14(9)21-7/h5-6H,1-4H3,(H2,17,18,19,20,21,22,23,24). The van der Waals surface area contributed by atoms with E-state index in [0.717, 1.165) is 27.5 Å². The Bertz CT molecular complexity index is 1020. The number of aryl methyl sites for hydroxylation is 2. The van der Waals surface area contributed by atoms with Crippen LogP contribution < -0.4 is 10.6 Å². The minimum absolute atomic E-state index is 0.583. The van der Waals surface area contributed by atoms with E-state index in [1.807, 2.05) is 27.9 Å². The lowest BCUT2D eigenvalue weighted by Gasteiger charge is -2.14. The molecule has 24 heavy (non-hydrogen) atoms. The summed E-state index contributed by atoms with van der Waals surface area (Å²) in [6, 6.07) is 0. The van der Waals surface area contributed by atoms with Crippen LogP contribution in [0.3, 0.4) is 0 Å². The van der Waals surface area contributed by atoms with E-state index >= 15 is 0 Å². The molecular weight excluding hydrogens is 304 g/mol. The molecule has 8 heteroatoms. The molecule has 0 spiro atoms. The average Bonchev–Trinajstić information content (AvgIpc) is 2.57. The molecule has 0 amide bonds. The molecule has 4 heterocycles. The highest BCUT2D eigenvalue weighted by atomic mass is 15.0. The van der Waals surface area contributed by atoms with Crippen LogP contribution in [-0.2, 0) is 0 Å². The van der Waals surface area contributed by atoms with Crippen molar-refractivity contribution in [2.24, 2.45) is 0 Å². The number of nitrogens with zero attached hydrogens (tertiary/aromatic N) is 6. The van der Waals surface area contributed by atoms with Crippen molar-refractivity contribution in [3.8, 4) is 0 Å². The molecule has 120 valence electrons. The molecule has 0 unspecified atom stereocenters. The molecule has 0 bridgehead atoms. The van der Waals surface area contributed by atoms with Crippen LogP contribution in [0.1, 0.15) is 11.6 Å². The lowest BCUT2D eigenvalue weighted by Crippen LogP contribution is -2.04. The van der Waals surface area contributed by atoms with Crippen LogP contribution in [0.15, 0.2) is 12.4 Å². The molecule has 8 nitrogen and oxygen atoms in total. The molecule has 0 saturated heterocycles. The first-order valence-electron chi connectivity index (χ1n) is 7.58. The van der Waals surface area contributed by atoms with Crippen molar-refractivity contribution >= 4 is 44.5 Å². The topological polar surface area (TPSA) is 101 Å². The van der Waals surface area contributed by atoms with Crippen LogP contribution in [0.2, 0.25) is 0 Å². The van der Waals surface area contributed by atoms with E-state index in [-0.39, 0.29) is 0 Å². The molecule has 0 aliphatic carbocycles. The highest BCUT2D eigenvalue weighted by molar-refractivity contribution is 6.16. The Hall–Kier alpha value is -3.16. The Balaban J connectivity index is 2.27. The number of rotatable bonds is 2. The minimum Gasteiger partial charge on any atom is -0.387 e. The zero-order chi connectivity index (χ0) is 16.8. The van der Waals surface area contributed by atoms with Crippen molar-refractivity contribution in [2.45, 2.75) is 13.8 Å². The summed E-state index contributed by atoms with van der Waals surface area (Å²) in [5.74, 6) is 1.34. The first-order valence-corrected chi connectivity index (χ1v) is 7.58. The van der Waals surface area contributed by atoms with Gasteiger partial charge in [0, 0.05) is 26.5 Å². The number of anilines is 2. The van der Waals surface area contributed by atoms with Gasteiger partial charge in [-0.3, -0.25) is 0 Å². The molecule has 0 aliphatic heterocycles. The van der Waals surface area contributed by atoms with Gasteiger partial charge >= 0.3 is 0 Å². The van der Waals surface area contributed by atoms with Crippen LogP contribution in [0, 0.1) is 13.8 Å². The van der Waals surface area contributed by atoms with Crippen molar-refractivity contribution < 1.29 is 0 Å². The van der Waals surface area contributed by atoms with Gasteiger partial charge in [0.05, 0.1) is 27.5 Å². The molecule has 4 aromatic rings. The molecule has 0 saturated carbocycles. The maximum atomic E-state index is 4.63. The van der Waals surface area contributed by atoms with E-state index in [1.165, 1.54) is 0 Å². The van der Waals surface area contributed by atoms with Gasteiger partial charge < -0.3 is 10.6 Å². The van der Waals surface area contributed by atoms with E-state index in [0.29, 0.717) is 28.6 Å². The molecule has 0 atom stereocenters. The normalized spacial score (nSPS) is 11.3. The quantitative estimate of drug-likeness (QED) is 0.542. The van der Waals surface area contributed by atoms with Crippen molar-refractivity contribution in [2.75, 3.05) is 24.7 Å². The third kappa shape index (κ3) is 1.99. The Kier molecular flexibility index (Phi) is 3.12. The summed E-state index contributed by atoms with van der Waals surface area (Å²) in [6.07, 6.45) is 3.57. The van der Waals surface area contributed by atoms with Gasteiger partial charge in [0.1, 0.15) is 11.6 Å². The first kappa shape index (κ1) is 14.4. The fraction of sp³-hybridized carbons (Fsp3) is 0.250. The third-order valence-corrected chi connectivity index (χ3v) is 3.96. The lowest BCUT2D eigenvalue weighted by molar-refractivity contribution is 1.07. The van der Waals surface area contributed by atoms with Gasteiger partial charge in [-0.25, -0.2) is 29.9 Å². The van der Waals surface area contributed by atoms with E-state index in [9.17, 15) is 0 Å². The monoisotopic (exact) mass is 320 g/mol. The summed E-state index contributed by atoms with van der Waals surface area (Å²) in [5.41, 5.74) is 3.57.